The average molecular weight is 459 g/mol. The summed E-state index contributed by atoms with van der Waals surface area (Å²) in [6.07, 6.45) is 3.74. The van der Waals surface area contributed by atoms with E-state index in [-0.39, 0.29) is 28.1 Å². The molecule has 0 unspecified atom stereocenters. The number of carbonyl (C=O) groups excluding carboxylic acids is 1. The van der Waals surface area contributed by atoms with Crippen molar-refractivity contribution in [2.24, 2.45) is 5.92 Å². The van der Waals surface area contributed by atoms with Crippen LogP contribution in [0.2, 0.25) is 10.0 Å². The molecule has 0 spiro atoms. The van der Waals surface area contributed by atoms with Gasteiger partial charge in [0.05, 0.1) is 10.5 Å². The summed E-state index contributed by atoms with van der Waals surface area (Å²) in [5, 5.41) is 3.09. The molecule has 1 aliphatic rings. The number of hydrogen-bond donors (Lipinski definition) is 2. The molecule has 1 fully saturated rings. The van der Waals surface area contributed by atoms with Gasteiger partial charge < -0.3 is 5.32 Å². The minimum absolute atomic E-state index is 0.161. The molecule has 0 bridgehead atoms. The molecule has 5 nitrogen and oxygen atoms in total. The van der Waals surface area contributed by atoms with Gasteiger partial charge in [-0.25, -0.2) is 17.5 Å². The highest BCUT2D eigenvalue weighted by molar-refractivity contribution is 7.89. The fourth-order valence-electron chi connectivity index (χ4n) is 3.43. The van der Waals surface area contributed by atoms with Gasteiger partial charge in [-0.1, -0.05) is 43.0 Å². The van der Waals surface area contributed by atoms with E-state index in [4.69, 9.17) is 23.2 Å². The van der Waals surface area contributed by atoms with Crippen molar-refractivity contribution in [1.29, 1.82) is 0 Å². The SMILES string of the molecule is C[C@@H]1CCCC[C@@H]1NS(=O)(=O)c1ccc(F)c(C(=O)Nc2cc(Cl)cc(Cl)c2)c1. The summed E-state index contributed by atoms with van der Waals surface area (Å²) < 4.78 is 42.5. The average Bonchev–Trinajstić information content (AvgIpc) is 2.62. The van der Waals surface area contributed by atoms with Crippen molar-refractivity contribution in [3.05, 3.63) is 57.8 Å². The van der Waals surface area contributed by atoms with Gasteiger partial charge in [0.15, 0.2) is 0 Å². The summed E-state index contributed by atoms with van der Waals surface area (Å²) in [6.45, 7) is 2.01. The Morgan fingerprint density at radius 1 is 1.07 bits per heavy atom. The van der Waals surface area contributed by atoms with Gasteiger partial charge in [0.1, 0.15) is 5.82 Å². The molecule has 2 aromatic carbocycles. The normalized spacial score (nSPS) is 19.7. The smallest absolute Gasteiger partial charge is 0.258 e. The first-order valence-electron chi connectivity index (χ1n) is 9.25. The lowest BCUT2D eigenvalue weighted by Gasteiger charge is -2.29. The molecule has 1 amide bonds. The van der Waals surface area contributed by atoms with E-state index in [9.17, 15) is 17.6 Å². The Balaban J connectivity index is 1.84. The van der Waals surface area contributed by atoms with Gasteiger partial charge in [0.25, 0.3) is 5.91 Å². The number of anilines is 1. The third-order valence-corrected chi connectivity index (χ3v) is 6.96. The molecule has 1 saturated carbocycles. The van der Waals surface area contributed by atoms with Gasteiger partial charge in [-0.3, -0.25) is 4.79 Å². The van der Waals surface area contributed by atoms with Crippen LogP contribution in [0.3, 0.4) is 0 Å². The zero-order valence-corrected chi connectivity index (χ0v) is 18.0. The summed E-state index contributed by atoms with van der Waals surface area (Å²) in [6, 6.07) is 7.38. The van der Waals surface area contributed by atoms with Crippen LogP contribution < -0.4 is 10.0 Å². The molecule has 156 valence electrons. The second-order valence-electron chi connectivity index (χ2n) is 7.24. The molecule has 0 aliphatic heterocycles. The summed E-state index contributed by atoms with van der Waals surface area (Å²) in [4.78, 5) is 12.4. The molecule has 3 rings (SSSR count). The number of carbonyl (C=O) groups is 1. The molecule has 0 heterocycles. The van der Waals surface area contributed by atoms with E-state index in [0.29, 0.717) is 10.0 Å². The second-order valence-corrected chi connectivity index (χ2v) is 9.83. The van der Waals surface area contributed by atoms with Crippen molar-refractivity contribution in [2.75, 3.05) is 5.32 Å². The maximum Gasteiger partial charge on any atom is 0.258 e. The predicted octanol–water partition coefficient (Wildman–Crippen LogP) is 5.24. The standard InChI is InChI=1S/C20H21Cl2FN2O3S/c1-12-4-2-3-5-19(12)25-29(27,28)16-6-7-18(23)17(11-16)20(26)24-15-9-13(21)8-14(22)10-15/h6-12,19,25H,2-5H2,1H3,(H,24,26)/t12-,19+/m1/s1. The molecule has 1 aliphatic carbocycles. The number of benzene rings is 2. The highest BCUT2D eigenvalue weighted by atomic mass is 35.5. The zero-order valence-electron chi connectivity index (χ0n) is 15.7. The van der Waals surface area contributed by atoms with Crippen LogP contribution in [0.25, 0.3) is 0 Å². The zero-order chi connectivity index (χ0) is 21.2. The Morgan fingerprint density at radius 3 is 2.38 bits per heavy atom. The van der Waals surface area contributed by atoms with Crippen molar-refractivity contribution in [3.63, 3.8) is 0 Å². The molecule has 0 aromatic heterocycles. The highest BCUT2D eigenvalue weighted by Crippen LogP contribution is 2.26. The number of halogens is 3. The monoisotopic (exact) mass is 458 g/mol. The van der Waals surface area contributed by atoms with Gasteiger partial charge in [0, 0.05) is 21.8 Å². The molecule has 29 heavy (non-hydrogen) atoms. The minimum atomic E-state index is -3.89. The number of rotatable bonds is 5. The van der Waals surface area contributed by atoms with E-state index in [1.165, 1.54) is 18.2 Å². The van der Waals surface area contributed by atoms with Gasteiger partial charge in [-0.2, -0.15) is 0 Å². The molecular formula is C20H21Cl2FN2O3S. The van der Waals surface area contributed by atoms with E-state index >= 15 is 0 Å². The lowest BCUT2D eigenvalue weighted by Crippen LogP contribution is -2.41. The van der Waals surface area contributed by atoms with E-state index in [1.807, 2.05) is 6.92 Å². The van der Waals surface area contributed by atoms with Gasteiger partial charge in [0.2, 0.25) is 10.0 Å². The summed E-state index contributed by atoms with van der Waals surface area (Å²) in [5.74, 6) is -1.42. The lowest BCUT2D eigenvalue weighted by atomic mass is 9.87. The third kappa shape index (κ3) is 5.48. The predicted molar refractivity (Wildman–Crippen MR) is 113 cm³/mol. The third-order valence-electron chi connectivity index (χ3n) is 5.03. The van der Waals surface area contributed by atoms with Crippen LogP contribution in [-0.4, -0.2) is 20.4 Å². The van der Waals surface area contributed by atoms with Crippen LogP contribution in [0.5, 0.6) is 0 Å². The van der Waals surface area contributed by atoms with Crippen LogP contribution in [-0.2, 0) is 10.0 Å². The Labute approximate surface area is 179 Å². The van der Waals surface area contributed by atoms with Crippen LogP contribution >= 0.6 is 23.2 Å². The summed E-state index contributed by atoms with van der Waals surface area (Å²) in [7, 11) is -3.89. The van der Waals surface area contributed by atoms with Gasteiger partial charge >= 0.3 is 0 Å². The van der Waals surface area contributed by atoms with E-state index in [2.05, 4.69) is 10.0 Å². The molecule has 9 heteroatoms. The largest absolute Gasteiger partial charge is 0.322 e. The first-order chi connectivity index (χ1) is 13.7. The maximum atomic E-state index is 14.3. The maximum absolute atomic E-state index is 14.3. The number of sulfonamides is 1. The Bertz CT molecular complexity index is 1010. The molecule has 2 aromatic rings. The number of hydrogen-bond acceptors (Lipinski definition) is 3. The first-order valence-corrected chi connectivity index (χ1v) is 11.5. The Kier molecular flexibility index (Phi) is 6.83. The van der Waals surface area contributed by atoms with Crippen LogP contribution in [0.15, 0.2) is 41.3 Å². The molecule has 0 radical (unpaired) electrons. The molecule has 2 atom stereocenters. The van der Waals surface area contributed by atoms with E-state index < -0.39 is 21.7 Å². The Hall–Kier alpha value is -1.67. The van der Waals surface area contributed by atoms with Gasteiger partial charge in [-0.15, -0.1) is 0 Å². The Morgan fingerprint density at radius 2 is 1.72 bits per heavy atom. The minimum Gasteiger partial charge on any atom is -0.322 e. The van der Waals surface area contributed by atoms with Crippen molar-refractivity contribution < 1.29 is 17.6 Å². The lowest BCUT2D eigenvalue weighted by molar-refractivity contribution is 0.102. The van der Waals surface area contributed by atoms with Crippen molar-refractivity contribution in [2.45, 2.75) is 43.5 Å². The first kappa shape index (κ1) is 22.0. The fraction of sp³-hybridized carbons (Fsp3) is 0.350. The molecule has 2 N–H and O–H groups in total. The summed E-state index contributed by atoms with van der Waals surface area (Å²) in [5.41, 5.74) is -0.116. The number of amides is 1. The molecule has 0 saturated heterocycles. The van der Waals surface area contributed by atoms with Crippen LogP contribution in [0.4, 0.5) is 10.1 Å². The van der Waals surface area contributed by atoms with Crippen LogP contribution in [0.1, 0.15) is 43.0 Å². The van der Waals surface area contributed by atoms with E-state index in [1.54, 1.807) is 0 Å². The topological polar surface area (TPSA) is 75.3 Å². The van der Waals surface area contributed by atoms with Crippen molar-refractivity contribution >= 4 is 44.8 Å². The second kappa shape index (κ2) is 9.00. The summed E-state index contributed by atoms with van der Waals surface area (Å²) >= 11 is 11.8. The number of nitrogens with one attached hydrogen (secondary N) is 2. The van der Waals surface area contributed by atoms with Crippen molar-refractivity contribution in [1.82, 2.24) is 4.72 Å². The molecular weight excluding hydrogens is 438 g/mol. The highest BCUT2D eigenvalue weighted by Gasteiger charge is 2.27. The fourth-order valence-corrected chi connectivity index (χ4v) is 5.36. The van der Waals surface area contributed by atoms with Crippen molar-refractivity contribution in [3.8, 4) is 0 Å². The van der Waals surface area contributed by atoms with E-state index in [0.717, 1.165) is 43.9 Å². The van der Waals surface area contributed by atoms with Crippen LogP contribution in [0, 0.1) is 11.7 Å². The van der Waals surface area contributed by atoms with Gasteiger partial charge in [-0.05, 0) is 55.2 Å². The quantitative estimate of drug-likeness (QED) is 0.642.